The number of nitro benzene ring substituents is 1. The predicted octanol–water partition coefficient (Wildman–Crippen LogP) is 1.91. The highest BCUT2D eigenvalue weighted by atomic mass is 35.5. The van der Waals surface area contributed by atoms with Crippen molar-refractivity contribution in [3.8, 4) is 0 Å². The highest BCUT2D eigenvalue weighted by molar-refractivity contribution is 5.86. The Balaban J connectivity index is -0.000000653. The maximum atomic E-state index is 10.6. The Morgan fingerprint density at radius 2 is 1.82 bits per heavy atom. The smallest absolute Gasteiger partial charge is 0.273 e. The van der Waals surface area contributed by atoms with E-state index in [1.54, 1.807) is 18.2 Å². The summed E-state index contributed by atoms with van der Waals surface area (Å²) in [7, 11) is 0. The summed E-state index contributed by atoms with van der Waals surface area (Å²) < 4.78 is 0. The van der Waals surface area contributed by atoms with E-state index in [2.05, 4.69) is 5.32 Å². The van der Waals surface area contributed by atoms with Gasteiger partial charge in [-0.3, -0.25) is 10.1 Å². The SMILES string of the molecule is Cl.Cl.Cl.NCCNCc1ccccc1[N+](=O)[O-]. The number of nitro groups is 1. The van der Waals surface area contributed by atoms with Crippen molar-refractivity contribution in [2.45, 2.75) is 6.54 Å². The third kappa shape index (κ3) is 7.36. The Kier molecular flexibility index (Phi) is 15.1. The fraction of sp³-hybridized carbons (Fsp3) is 0.333. The Morgan fingerprint density at radius 1 is 1.24 bits per heavy atom. The van der Waals surface area contributed by atoms with Crippen LogP contribution in [0.15, 0.2) is 24.3 Å². The van der Waals surface area contributed by atoms with E-state index in [4.69, 9.17) is 5.73 Å². The normalized spacial score (nSPS) is 8.29. The molecular weight excluding hydrogens is 288 g/mol. The number of hydrogen-bond donors (Lipinski definition) is 2. The second kappa shape index (κ2) is 11.9. The number of benzene rings is 1. The van der Waals surface area contributed by atoms with Crippen LogP contribution in [0.5, 0.6) is 0 Å². The molecule has 0 bridgehead atoms. The molecule has 0 atom stereocenters. The zero-order valence-electron chi connectivity index (χ0n) is 9.00. The third-order valence-electron chi connectivity index (χ3n) is 1.82. The van der Waals surface area contributed by atoms with E-state index < -0.39 is 0 Å². The molecule has 0 unspecified atom stereocenters. The molecule has 8 heteroatoms. The van der Waals surface area contributed by atoms with Gasteiger partial charge in [0.15, 0.2) is 0 Å². The second-order valence-electron chi connectivity index (χ2n) is 2.85. The van der Waals surface area contributed by atoms with Gasteiger partial charge in [0.05, 0.1) is 4.92 Å². The zero-order chi connectivity index (χ0) is 10.4. The highest BCUT2D eigenvalue weighted by Crippen LogP contribution is 2.16. The molecule has 3 N–H and O–H groups in total. The van der Waals surface area contributed by atoms with Crippen LogP contribution in [0.3, 0.4) is 0 Å². The molecule has 0 saturated carbocycles. The number of nitrogens with two attached hydrogens (primary N) is 1. The van der Waals surface area contributed by atoms with Crippen LogP contribution >= 0.6 is 37.2 Å². The van der Waals surface area contributed by atoms with Crippen molar-refractivity contribution in [2.75, 3.05) is 13.1 Å². The Labute approximate surface area is 119 Å². The van der Waals surface area contributed by atoms with E-state index >= 15 is 0 Å². The van der Waals surface area contributed by atoms with Crippen LogP contribution < -0.4 is 11.1 Å². The molecule has 0 aromatic heterocycles. The first-order valence-electron chi connectivity index (χ1n) is 4.39. The van der Waals surface area contributed by atoms with Gasteiger partial charge in [-0.2, -0.15) is 0 Å². The van der Waals surface area contributed by atoms with Crippen molar-refractivity contribution >= 4 is 42.9 Å². The molecule has 1 aromatic carbocycles. The van der Waals surface area contributed by atoms with E-state index in [-0.39, 0.29) is 47.8 Å². The molecule has 1 aromatic rings. The Bertz CT molecular complexity index is 326. The van der Waals surface area contributed by atoms with Crippen LogP contribution in [0.2, 0.25) is 0 Å². The largest absolute Gasteiger partial charge is 0.329 e. The number of hydrogen-bond acceptors (Lipinski definition) is 4. The minimum absolute atomic E-state index is 0. The Hall–Kier alpha value is -0.590. The highest BCUT2D eigenvalue weighted by Gasteiger charge is 2.10. The molecule has 0 radical (unpaired) electrons. The summed E-state index contributed by atoms with van der Waals surface area (Å²) in [5, 5.41) is 13.6. The van der Waals surface area contributed by atoms with Crippen molar-refractivity contribution < 1.29 is 4.92 Å². The van der Waals surface area contributed by atoms with Crippen molar-refractivity contribution in [2.24, 2.45) is 5.73 Å². The van der Waals surface area contributed by atoms with Gasteiger partial charge in [0.2, 0.25) is 0 Å². The first-order valence-corrected chi connectivity index (χ1v) is 4.39. The van der Waals surface area contributed by atoms with Crippen molar-refractivity contribution in [3.05, 3.63) is 39.9 Å². The van der Waals surface area contributed by atoms with Crippen molar-refractivity contribution in [1.29, 1.82) is 0 Å². The van der Waals surface area contributed by atoms with Crippen LogP contribution in [-0.2, 0) is 6.54 Å². The van der Waals surface area contributed by atoms with Crippen LogP contribution in [0.4, 0.5) is 5.69 Å². The van der Waals surface area contributed by atoms with Gasteiger partial charge in [-0.1, -0.05) is 18.2 Å². The molecule has 0 aliphatic carbocycles. The minimum atomic E-state index is -0.376. The molecule has 0 spiro atoms. The van der Waals surface area contributed by atoms with Gasteiger partial charge in [0.1, 0.15) is 0 Å². The predicted molar refractivity (Wildman–Crippen MR) is 75.6 cm³/mol. The van der Waals surface area contributed by atoms with Gasteiger partial charge in [0.25, 0.3) is 5.69 Å². The van der Waals surface area contributed by atoms with Gasteiger partial charge in [0, 0.05) is 31.3 Å². The van der Waals surface area contributed by atoms with Gasteiger partial charge >= 0.3 is 0 Å². The van der Waals surface area contributed by atoms with E-state index in [0.29, 0.717) is 25.2 Å². The van der Waals surface area contributed by atoms with E-state index in [1.165, 1.54) is 6.07 Å². The Morgan fingerprint density at radius 3 is 2.35 bits per heavy atom. The second-order valence-corrected chi connectivity index (χ2v) is 2.85. The maximum absolute atomic E-state index is 10.6. The molecule has 0 saturated heterocycles. The van der Waals surface area contributed by atoms with Gasteiger partial charge in [-0.15, -0.1) is 37.2 Å². The number of nitrogens with zero attached hydrogens (tertiary/aromatic N) is 1. The summed E-state index contributed by atoms with van der Waals surface area (Å²) in [5.41, 5.74) is 6.13. The zero-order valence-corrected chi connectivity index (χ0v) is 11.4. The van der Waals surface area contributed by atoms with Crippen LogP contribution in [0.25, 0.3) is 0 Å². The first kappa shape index (κ1) is 21.7. The minimum Gasteiger partial charge on any atom is -0.329 e. The van der Waals surface area contributed by atoms with Crippen LogP contribution in [0.1, 0.15) is 5.56 Å². The number of rotatable bonds is 5. The number of halogens is 3. The number of para-hydroxylation sites is 1. The summed E-state index contributed by atoms with van der Waals surface area (Å²) in [6, 6.07) is 6.68. The maximum Gasteiger partial charge on any atom is 0.273 e. The lowest BCUT2D eigenvalue weighted by Gasteiger charge is -2.03. The lowest BCUT2D eigenvalue weighted by Crippen LogP contribution is -2.22. The molecule has 1 rings (SSSR count). The fourth-order valence-corrected chi connectivity index (χ4v) is 1.16. The molecule has 5 nitrogen and oxygen atoms in total. The molecular formula is C9H16Cl3N3O2. The summed E-state index contributed by atoms with van der Waals surface area (Å²) in [6.45, 7) is 1.67. The molecule has 100 valence electrons. The van der Waals surface area contributed by atoms with Crippen molar-refractivity contribution in [1.82, 2.24) is 5.32 Å². The average Bonchev–Trinajstić information content (AvgIpc) is 2.19. The standard InChI is InChI=1S/C9H13N3O2.3ClH/c10-5-6-11-7-8-3-1-2-4-9(8)12(13)14;;;/h1-4,11H,5-7,10H2;3*1H. The molecule has 17 heavy (non-hydrogen) atoms. The third-order valence-corrected chi connectivity index (χ3v) is 1.82. The summed E-state index contributed by atoms with van der Waals surface area (Å²) in [5.74, 6) is 0. The van der Waals surface area contributed by atoms with Gasteiger partial charge < -0.3 is 11.1 Å². The summed E-state index contributed by atoms with van der Waals surface area (Å²) in [4.78, 5) is 10.2. The van der Waals surface area contributed by atoms with E-state index in [0.717, 1.165) is 0 Å². The molecule has 0 fully saturated rings. The lowest BCUT2D eigenvalue weighted by molar-refractivity contribution is -0.385. The quantitative estimate of drug-likeness (QED) is 0.494. The van der Waals surface area contributed by atoms with Crippen LogP contribution in [-0.4, -0.2) is 18.0 Å². The van der Waals surface area contributed by atoms with Crippen LogP contribution in [0, 0.1) is 10.1 Å². The average molecular weight is 305 g/mol. The molecule has 0 amide bonds. The molecule has 0 heterocycles. The summed E-state index contributed by atoms with van der Waals surface area (Å²) >= 11 is 0. The van der Waals surface area contributed by atoms with Gasteiger partial charge in [-0.05, 0) is 0 Å². The fourth-order valence-electron chi connectivity index (χ4n) is 1.16. The first-order chi connectivity index (χ1) is 6.75. The topological polar surface area (TPSA) is 81.2 Å². The molecule has 0 aliphatic heterocycles. The van der Waals surface area contributed by atoms with Gasteiger partial charge in [-0.25, -0.2) is 0 Å². The lowest BCUT2D eigenvalue weighted by atomic mass is 10.2. The number of nitrogens with one attached hydrogen (secondary N) is 1. The summed E-state index contributed by atoms with van der Waals surface area (Å²) in [6.07, 6.45) is 0. The van der Waals surface area contributed by atoms with Crippen molar-refractivity contribution in [3.63, 3.8) is 0 Å². The monoisotopic (exact) mass is 303 g/mol. The van der Waals surface area contributed by atoms with E-state index in [9.17, 15) is 10.1 Å². The van der Waals surface area contributed by atoms with E-state index in [1.807, 2.05) is 0 Å². The molecule has 0 aliphatic rings.